The molecule has 0 bridgehead atoms. The highest BCUT2D eigenvalue weighted by atomic mass is 19.3. The third-order valence-corrected chi connectivity index (χ3v) is 1.72. The lowest BCUT2D eigenvalue weighted by Crippen LogP contribution is -2.05. The van der Waals surface area contributed by atoms with E-state index in [9.17, 15) is 23.7 Å². The summed E-state index contributed by atoms with van der Waals surface area (Å²) in [7, 11) is 0. The minimum Gasteiger partial charge on any atom is -0.477 e. The van der Waals surface area contributed by atoms with Gasteiger partial charge in [-0.15, -0.1) is 0 Å². The first-order valence-electron chi connectivity index (χ1n) is 3.74. The highest BCUT2D eigenvalue weighted by Gasteiger charge is 2.28. The van der Waals surface area contributed by atoms with E-state index in [0.29, 0.717) is 0 Å². The Labute approximate surface area is 82.1 Å². The van der Waals surface area contributed by atoms with Crippen LogP contribution in [0.5, 0.6) is 0 Å². The number of nitro groups is 1. The van der Waals surface area contributed by atoms with Crippen LogP contribution < -0.4 is 0 Å². The molecule has 0 aliphatic heterocycles. The summed E-state index contributed by atoms with van der Waals surface area (Å²) in [6.45, 7) is 0. The molecule has 0 amide bonds. The molecule has 0 saturated carbocycles. The largest absolute Gasteiger partial charge is 0.477 e. The monoisotopic (exact) mass is 217 g/mol. The average Bonchev–Trinajstić information content (AvgIpc) is 2.16. The lowest BCUT2D eigenvalue weighted by atomic mass is 10.1. The number of nitro benzene ring substituents is 1. The van der Waals surface area contributed by atoms with Crippen LogP contribution in [0.2, 0.25) is 0 Å². The molecular weight excluding hydrogens is 212 g/mol. The number of benzene rings is 1. The molecule has 0 radical (unpaired) electrons. The van der Waals surface area contributed by atoms with Gasteiger partial charge in [0, 0.05) is 0 Å². The number of nitrogens with zero attached hydrogens (tertiary/aromatic N) is 1. The van der Waals surface area contributed by atoms with Crippen LogP contribution in [0.15, 0.2) is 18.2 Å². The van der Waals surface area contributed by atoms with Crippen molar-refractivity contribution in [3.63, 3.8) is 0 Å². The molecule has 0 aromatic heterocycles. The Morgan fingerprint density at radius 1 is 1.47 bits per heavy atom. The van der Waals surface area contributed by atoms with Gasteiger partial charge >= 0.3 is 5.97 Å². The zero-order valence-corrected chi connectivity index (χ0v) is 7.18. The molecule has 1 aromatic rings. The van der Waals surface area contributed by atoms with Crippen molar-refractivity contribution in [2.45, 2.75) is 6.43 Å². The quantitative estimate of drug-likeness (QED) is 0.621. The summed E-state index contributed by atoms with van der Waals surface area (Å²) in [6, 6.07) is 2.78. The van der Waals surface area contributed by atoms with Gasteiger partial charge in [0.15, 0.2) is 0 Å². The van der Waals surface area contributed by atoms with Gasteiger partial charge in [0.05, 0.1) is 10.5 Å². The highest BCUT2D eigenvalue weighted by Crippen LogP contribution is 2.31. The molecule has 0 unspecified atom stereocenters. The number of alkyl halides is 2. The predicted molar refractivity (Wildman–Crippen MR) is 45.0 cm³/mol. The standard InChI is InChI=1S/C8H5F2NO4/c9-7(10)4-2-1-3-5(8(12)13)6(4)11(14)15/h1-3,7H,(H,12,13). The van der Waals surface area contributed by atoms with Gasteiger partial charge in [-0.25, -0.2) is 13.6 Å². The molecule has 0 atom stereocenters. The summed E-state index contributed by atoms with van der Waals surface area (Å²) in [5.74, 6) is -1.61. The second-order valence-electron chi connectivity index (χ2n) is 2.61. The van der Waals surface area contributed by atoms with E-state index in [2.05, 4.69) is 0 Å². The zero-order chi connectivity index (χ0) is 11.6. The number of hydrogen-bond acceptors (Lipinski definition) is 3. The second-order valence-corrected chi connectivity index (χ2v) is 2.61. The maximum absolute atomic E-state index is 12.3. The van der Waals surface area contributed by atoms with Crippen LogP contribution in [0.25, 0.3) is 0 Å². The van der Waals surface area contributed by atoms with Crippen molar-refractivity contribution >= 4 is 11.7 Å². The van der Waals surface area contributed by atoms with Crippen molar-refractivity contribution in [3.05, 3.63) is 39.4 Å². The number of aromatic carboxylic acids is 1. The maximum Gasteiger partial charge on any atom is 0.342 e. The predicted octanol–water partition coefficient (Wildman–Crippen LogP) is 2.23. The van der Waals surface area contributed by atoms with E-state index in [1.807, 2.05) is 0 Å². The fourth-order valence-electron chi connectivity index (χ4n) is 1.11. The summed E-state index contributed by atoms with van der Waals surface area (Å²) in [5.41, 5.74) is -2.68. The Morgan fingerprint density at radius 2 is 2.07 bits per heavy atom. The average molecular weight is 217 g/mol. The molecule has 1 rings (SSSR count). The molecule has 80 valence electrons. The van der Waals surface area contributed by atoms with E-state index in [1.54, 1.807) is 0 Å². The number of carboxylic acid groups (broad SMARTS) is 1. The van der Waals surface area contributed by atoms with Crippen LogP contribution in [0.3, 0.4) is 0 Å². The molecule has 1 N–H and O–H groups in total. The Balaban J connectivity index is 3.48. The van der Waals surface area contributed by atoms with Crippen molar-refractivity contribution < 1.29 is 23.6 Å². The van der Waals surface area contributed by atoms with E-state index in [0.717, 1.165) is 18.2 Å². The summed E-state index contributed by atoms with van der Waals surface area (Å²) >= 11 is 0. The molecule has 7 heteroatoms. The van der Waals surface area contributed by atoms with Gasteiger partial charge in [-0.3, -0.25) is 10.1 Å². The third kappa shape index (κ3) is 2.06. The topological polar surface area (TPSA) is 80.4 Å². The number of para-hydroxylation sites is 1. The van der Waals surface area contributed by atoms with Crippen LogP contribution in [-0.4, -0.2) is 16.0 Å². The van der Waals surface area contributed by atoms with Crippen molar-refractivity contribution in [3.8, 4) is 0 Å². The fourth-order valence-corrected chi connectivity index (χ4v) is 1.11. The van der Waals surface area contributed by atoms with Crippen molar-refractivity contribution in [2.75, 3.05) is 0 Å². The van der Waals surface area contributed by atoms with Gasteiger partial charge in [0.2, 0.25) is 0 Å². The Kier molecular flexibility index (Phi) is 2.93. The fraction of sp³-hybridized carbons (Fsp3) is 0.125. The van der Waals surface area contributed by atoms with Crippen LogP contribution in [0, 0.1) is 10.1 Å². The number of carboxylic acids is 1. The van der Waals surface area contributed by atoms with Gasteiger partial charge < -0.3 is 5.11 Å². The van der Waals surface area contributed by atoms with E-state index in [-0.39, 0.29) is 0 Å². The molecule has 0 fully saturated rings. The van der Waals surface area contributed by atoms with Crippen LogP contribution >= 0.6 is 0 Å². The Hall–Kier alpha value is -2.05. The molecule has 15 heavy (non-hydrogen) atoms. The summed E-state index contributed by atoms with van der Waals surface area (Å²) < 4.78 is 24.7. The third-order valence-electron chi connectivity index (χ3n) is 1.72. The molecule has 0 aliphatic carbocycles. The molecule has 5 nitrogen and oxygen atoms in total. The first-order valence-corrected chi connectivity index (χ1v) is 3.74. The van der Waals surface area contributed by atoms with E-state index in [1.165, 1.54) is 0 Å². The molecule has 0 heterocycles. The van der Waals surface area contributed by atoms with E-state index >= 15 is 0 Å². The highest BCUT2D eigenvalue weighted by molar-refractivity contribution is 5.93. The SMILES string of the molecule is O=C(O)c1cccc(C(F)F)c1[N+](=O)[O-]. The number of halogens is 2. The van der Waals surface area contributed by atoms with Crippen LogP contribution in [0.4, 0.5) is 14.5 Å². The first kappa shape index (κ1) is 11.0. The molecule has 0 aliphatic rings. The lowest BCUT2D eigenvalue weighted by Gasteiger charge is -2.03. The second kappa shape index (κ2) is 3.99. The Bertz CT molecular complexity index is 419. The molecule has 0 spiro atoms. The zero-order valence-electron chi connectivity index (χ0n) is 7.18. The van der Waals surface area contributed by atoms with Crippen LogP contribution in [-0.2, 0) is 0 Å². The van der Waals surface area contributed by atoms with Crippen LogP contribution in [0.1, 0.15) is 22.3 Å². The lowest BCUT2D eigenvalue weighted by molar-refractivity contribution is -0.386. The van der Waals surface area contributed by atoms with Crippen molar-refractivity contribution in [1.82, 2.24) is 0 Å². The summed E-state index contributed by atoms with van der Waals surface area (Å²) in [6.07, 6.45) is -3.08. The van der Waals surface area contributed by atoms with Crippen molar-refractivity contribution in [2.24, 2.45) is 0 Å². The molecule has 1 aromatic carbocycles. The summed E-state index contributed by atoms with van der Waals surface area (Å²) in [5, 5.41) is 19.0. The minimum absolute atomic E-state index is 0.738. The minimum atomic E-state index is -3.08. The first-order chi connectivity index (χ1) is 6.95. The number of carbonyl (C=O) groups is 1. The number of rotatable bonds is 3. The van der Waals surface area contributed by atoms with Crippen molar-refractivity contribution in [1.29, 1.82) is 0 Å². The Morgan fingerprint density at radius 3 is 2.47 bits per heavy atom. The summed E-state index contributed by atoms with van der Waals surface area (Å²) in [4.78, 5) is 19.9. The van der Waals surface area contributed by atoms with Gasteiger partial charge in [0.1, 0.15) is 5.56 Å². The smallest absolute Gasteiger partial charge is 0.342 e. The van der Waals surface area contributed by atoms with Gasteiger partial charge in [-0.2, -0.15) is 0 Å². The van der Waals surface area contributed by atoms with E-state index in [4.69, 9.17) is 5.11 Å². The molecular formula is C8H5F2NO4. The van der Waals surface area contributed by atoms with E-state index < -0.39 is 34.1 Å². The normalized spacial score (nSPS) is 10.3. The maximum atomic E-state index is 12.3. The molecule has 0 saturated heterocycles. The van der Waals surface area contributed by atoms with Gasteiger partial charge in [-0.05, 0) is 12.1 Å². The van der Waals surface area contributed by atoms with Gasteiger partial charge in [-0.1, -0.05) is 6.07 Å². The van der Waals surface area contributed by atoms with Gasteiger partial charge in [0.25, 0.3) is 12.1 Å². The number of hydrogen-bond donors (Lipinski definition) is 1.